The summed E-state index contributed by atoms with van der Waals surface area (Å²) in [5.41, 5.74) is 3.46. The van der Waals surface area contributed by atoms with Crippen molar-refractivity contribution in [1.29, 1.82) is 0 Å². The van der Waals surface area contributed by atoms with Gasteiger partial charge in [-0.2, -0.15) is 0 Å². The van der Waals surface area contributed by atoms with Crippen LogP contribution in [-0.4, -0.2) is 22.5 Å². The Morgan fingerprint density at radius 1 is 1.12 bits per heavy atom. The van der Waals surface area contributed by atoms with Crippen LogP contribution in [0, 0.1) is 6.92 Å². The molecule has 2 heterocycles. The number of fused-ring (bicyclic) bond motifs is 1. The monoisotopic (exact) mass is 449 g/mol. The van der Waals surface area contributed by atoms with E-state index >= 15 is 0 Å². The number of benzene rings is 2. The summed E-state index contributed by atoms with van der Waals surface area (Å²) in [5, 5.41) is 3.29. The molecule has 6 nitrogen and oxygen atoms in total. The van der Waals surface area contributed by atoms with Gasteiger partial charge in [0.15, 0.2) is 5.16 Å². The second kappa shape index (κ2) is 10.0. The Morgan fingerprint density at radius 3 is 2.72 bits per heavy atom. The summed E-state index contributed by atoms with van der Waals surface area (Å²) in [6.45, 7) is 4.77. The molecule has 0 radical (unpaired) electrons. The number of anilines is 1. The summed E-state index contributed by atoms with van der Waals surface area (Å²) in [6.07, 6.45) is 2.16. The van der Waals surface area contributed by atoms with Crippen LogP contribution < -0.4 is 15.6 Å². The quantitative estimate of drug-likeness (QED) is 0.286. The molecule has 0 spiro atoms. The first kappa shape index (κ1) is 22.1. The fourth-order valence-electron chi connectivity index (χ4n) is 3.83. The lowest BCUT2D eigenvalue weighted by molar-refractivity contribution is -0.116. The number of aromatic amines is 1. The SMILES string of the molecule is CCCCOc1ccccc1[C@@H]1CC(=O)Nc2nc(SCc3ccccc3C)[nH]c(=O)c21. The first-order chi connectivity index (χ1) is 15.6. The third-order valence-corrected chi connectivity index (χ3v) is 6.53. The van der Waals surface area contributed by atoms with E-state index in [-0.39, 0.29) is 17.9 Å². The molecule has 166 valence electrons. The summed E-state index contributed by atoms with van der Waals surface area (Å²) in [5.74, 6) is 1.18. The molecule has 1 aliphatic rings. The van der Waals surface area contributed by atoms with E-state index in [1.54, 1.807) is 0 Å². The molecule has 0 aliphatic carbocycles. The molecule has 7 heteroatoms. The Balaban J connectivity index is 1.64. The van der Waals surface area contributed by atoms with E-state index in [2.05, 4.69) is 41.3 Å². The minimum Gasteiger partial charge on any atom is -0.493 e. The maximum Gasteiger partial charge on any atom is 0.257 e. The van der Waals surface area contributed by atoms with Crippen molar-refractivity contribution in [2.24, 2.45) is 0 Å². The fourth-order valence-corrected chi connectivity index (χ4v) is 4.77. The number of ether oxygens (including phenoxy) is 1. The van der Waals surface area contributed by atoms with E-state index in [0.717, 1.165) is 18.4 Å². The summed E-state index contributed by atoms with van der Waals surface area (Å²) in [6, 6.07) is 15.7. The molecule has 0 bridgehead atoms. The standard InChI is InChI=1S/C25H27N3O3S/c1-3-4-13-31-20-12-8-7-11-18(20)19-14-21(29)26-23-22(19)24(30)28-25(27-23)32-15-17-10-6-5-9-16(17)2/h5-12,19H,3-4,13-15H2,1-2H3,(H2,26,27,28,29,30)/t19-/m0/s1. The topological polar surface area (TPSA) is 84.1 Å². The van der Waals surface area contributed by atoms with Gasteiger partial charge >= 0.3 is 0 Å². The van der Waals surface area contributed by atoms with Gasteiger partial charge in [-0.15, -0.1) is 0 Å². The van der Waals surface area contributed by atoms with Gasteiger partial charge < -0.3 is 15.0 Å². The summed E-state index contributed by atoms with van der Waals surface area (Å²) in [4.78, 5) is 33.1. The zero-order valence-electron chi connectivity index (χ0n) is 18.3. The zero-order chi connectivity index (χ0) is 22.5. The van der Waals surface area contributed by atoms with Crippen molar-refractivity contribution >= 4 is 23.5 Å². The number of nitrogens with zero attached hydrogens (tertiary/aromatic N) is 1. The third kappa shape index (κ3) is 4.88. The number of amides is 1. The van der Waals surface area contributed by atoms with E-state index in [1.807, 2.05) is 36.4 Å². The van der Waals surface area contributed by atoms with E-state index in [9.17, 15) is 9.59 Å². The van der Waals surface area contributed by atoms with Gasteiger partial charge in [-0.05, 0) is 30.5 Å². The summed E-state index contributed by atoms with van der Waals surface area (Å²) < 4.78 is 5.97. The van der Waals surface area contributed by atoms with Crippen LogP contribution in [0.5, 0.6) is 5.75 Å². The van der Waals surface area contributed by atoms with Crippen molar-refractivity contribution in [3.8, 4) is 5.75 Å². The van der Waals surface area contributed by atoms with Crippen LogP contribution in [-0.2, 0) is 10.5 Å². The van der Waals surface area contributed by atoms with Gasteiger partial charge in [-0.1, -0.05) is 67.6 Å². The maximum atomic E-state index is 13.1. The molecule has 2 aromatic carbocycles. The van der Waals surface area contributed by atoms with E-state index in [0.29, 0.717) is 34.6 Å². The van der Waals surface area contributed by atoms with Crippen molar-refractivity contribution in [1.82, 2.24) is 9.97 Å². The molecule has 4 rings (SSSR count). The van der Waals surface area contributed by atoms with Crippen LogP contribution in [0.15, 0.2) is 58.5 Å². The fraction of sp³-hybridized carbons (Fsp3) is 0.320. The highest BCUT2D eigenvalue weighted by Crippen LogP contribution is 2.38. The lowest BCUT2D eigenvalue weighted by Gasteiger charge is -2.26. The Bertz CT molecular complexity index is 1180. The summed E-state index contributed by atoms with van der Waals surface area (Å²) >= 11 is 1.45. The second-order valence-corrected chi connectivity index (χ2v) is 8.86. The van der Waals surface area contributed by atoms with Crippen LogP contribution in [0.25, 0.3) is 0 Å². The molecule has 32 heavy (non-hydrogen) atoms. The molecule has 2 N–H and O–H groups in total. The normalized spacial score (nSPS) is 15.2. The predicted molar refractivity (Wildman–Crippen MR) is 128 cm³/mol. The third-order valence-electron chi connectivity index (χ3n) is 5.60. The molecular weight excluding hydrogens is 422 g/mol. The largest absolute Gasteiger partial charge is 0.493 e. The summed E-state index contributed by atoms with van der Waals surface area (Å²) in [7, 11) is 0. The predicted octanol–water partition coefficient (Wildman–Crippen LogP) is 5.02. The van der Waals surface area contributed by atoms with E-state index in [1.165, 1.54) is 22.9 Å². The number of carbonyl (C=O) groups excluding carboxylic acids is 1. The van der Waals surface area contributed by atoms with Crippen molar-refractivity contribution in [3.05, 3.63) is 81.1 Å². The minimum atomic E-state index is -0.400. The number of rotatable bonds is 8. The molecule has 0 saturated heterocycles. The van der Waals surface area contributed by atoms with Crippen LogP contribution in [0.2, 0.25) is 0 Å². The van der Waals surface area contributed by atoms with Gasteiger partial charge in [0.05, 0.1) is 12.2 Å². The first-order valence-corrected chi connectivity index (χ1v) is 11.9. The van der Waals surface area contributed by atoms with E-state index < -0.39 is 5.92 Å². The molecule has 3 aromatic rings. The van der Waals surface area contributed by atoms with Crippen LogP contribution in [0.4, 0.5) is 5.82 Å². The Kier molecular flexibility index (Phi) is 6.95. The molecule has 1 amide bonds. The lowest BCUT2D eigenvalue weighted by atomic mass is 9.86. The Morgan fingerprint density at radius 2 is 1.91 bits per heavy atom. The lowest BCUT2D eigenvalue weighted by Crippen LogP contribution is -2.31. The van der Waals surface area contributed by atoms with Crippen LogP contribution in [0.1, 0.15) is 54.4 Å². The molecule has 0 saturated carbocycles. The molecule has 1 aromatic heterocycles. The van der Waals surface area contributed by atoms with Gasteiger partial charge in [-0.3, -0.25) is 9.59 Å². The van der Waals surface area contributed by atoms with Crippen molar-refractivity contribution in [2.75, 3.05) is 11.9 Å². The van der Waals surface area contributed by atoms with Gasteiger partial charge in [0.2, 0.25) is 5.91 Å². The average Bonchev–Trinajstić information content (AvgIpc) is 2.78. The number of aryl methyl sites for hydroxylation is 1. The number of para-hydroxylation sites is 1. The molecule has 0 fully saturated rings. The zero-order valence-corrected chi connectivity index (χ0v) is 19.1. The first-order valence-electron chi connectivity index (χ1n) is 10.9. The number of hydrogen-bond donors (Lipinski definition) is 2. The van der Waals surface area contributed by atoms with Gasteiger partial charge in [0.25, 0.3) is 5.56 Å². The van der Waals surface area contributed by atoms with Crippen LogP contribution in [0.3, 0.4) is 0 Å². The van der Waals surface area contributed by atoms with E-state index in [4.69, 9.17) is 4.74 Å². The second-order valence-electron chi connectivity index (χ2n) is 7.89. The molecule has 0 unspecified atom stereocenters. The number of unbranched alkanes of at least 4 members (excludes halogenated alkanes) is 1. The smallest absolute Gasteiger partial charge is 0.257 e. The number of aromatic nitrogens is 2. The van der Waals surface area contributed by atoms with Gasteiger partial charge in [0.1, 0.15) is 11.6 Å². The average molecular weight is 450 g/mol. The van der Waals surface area contributed by atoms with Gasteiger partial charge in [0, 0.05) is 23.7 Å². The van der Waals surface area contributed by atoms with Crippen LogP contribution >= 0.6 is 11.8 Å². The highest BCUT2D eigenvalue weighted by Gasteiger charge is 2.32. The van der Waals surface area contributed by atoms with Crippen molar-refractivity contribution in [3.63, 3.8) is 0 Å². The molecular formula is C25H27N3O3S. The van der Waals surface area contributed by atoms with Gasteiger partial charge in [-0.25, -0.2) is 4.98 Å². The molecule has 1 aliphatic heterocycles. The maximum absolute atomic E-state index is 13.1. The number of hydrogen-bond acceptors (Lipinski definition) is 5. The highest BCUT2D eigenvalue weighted by atomic mass is 32.2. The number of carbonyl (C=O) groups is 1. The molecule has 1 atom stereocenters. The van der Waals surface area contributed by atoms with Crippen molar-refractivity contribution in [2.45, 2.75) is 49.9 Å². The number of nitrogens with one attached hydrogen (secondary N) is 2. The van der Waals surface area contributed by atoms with Crippen molar-refractivity contribution < 1.29 is 9.53 Å². The Labute approximate surface area is 191 Å². The Hall–Kier alpha value is -3.06. The highest BCUT2D eigenvalue weighted by molar-refractivity contribution is 7.98. The number of thioether (sulfide) groups is 1. The minimum absolute atomic E-state index is 0.154. The number of H-pyrrole nitrogens is 1.